The van der Waals surface area contributed by atoms with Gasteiger partial charge in [0.05, 0.1) is 13.7 Å². The van der Waals surface area contributed by atoms with Gasteiger partial charge in [-0.3, -0.25) is 9.59 Å². The molecule has 0 saturated heterocycles. The van der Waals surface area contributed by atoms with Gasteiger partial charge in [-0.2, -0.15) is 0 Å². The highest BCUT2D eigenvalue weighted by Gasteiger charge is 2.57. The molecule has 0 aromatic heterocycles. The molecule has 1 fully saturated rings. The Morgan fingerprint density at radius 1 is 0.655 bits per heavy atom. The molecule has 1 aliphatic rings. The van der Waals surface area contributed by atoms with Crippen LogP contribution in [0.1, 0.15) is 66.4 Å². The summed E-state index contributed by atoms with van der Waals surface area (Å²) in [5.41, 5.74) is -1.04. The lowest BCUT2D eigenvalue weighted by molar-refractivity contribution is -0.155. The molecule has 0 heterocycles. The summed E-state index contributed by atoms with van der Waals surface area (Å²) in [7, 11) is -4.06. The number of methoxy groups -OCH3 is 1. The first-order valence-corrected chi connectivity index (χ1v) is 23.7. The van der Waals surface area contributed by atoms with E-state index in [1.54, 1.807) is 0 Å². The quantitative estimate of drug-likeness (QED) is 0.0728. The molecular weight excluding hydrogens is 713 g/mol. The van der Waals surface area contributed by atoms with Crippen molar-refractivity contribution < 1.29 is 23.5 Å². The van der Waals surface area contributed by atoms with E-state index >= 15 is 0 Å². The minimum Gasteiger partial charge on any atom is -0.494 e. The number of para-hydroxylation sites is 1. The number of ether oxygens (including phenoxy) is 2. The summed E-state index contributed by atoms with van der Waals surface area (Å²) in [6.45, 7) is 14.2. The van der Waals surface area contributed by atoms with Crippen molar-refractivity contribution in [2.45, 2.75) is 88.4 Å². The number of carbonyl (C=O) groups excluding carboxylic acids is 2. The monoisotopic (exact) mass is 768 g/mol. The fourth-order valence-corrected chi connectivity index (χ4v) is 19.3. The van der Waals surface area contributed by atoms with Crippen molar-refractivity contribution in [3.05, 3.63) is 151 Å². The minimum absolute atomic E-state index is 0.0450. The van der Waals surface area contributed by atoms with Crippen molar-refractivity contribution in [3.63, 3.8) is 0 Å². The van der Waals surface area contributed by atoms with Gasteiger partial charge in [-0.05, 0) is 45.4 Å². The van der Waals surface area contributed by atoms with Crippen LogP contribution in [-0.4, -0.2) is 48.0 Å². The maximum Gasteiger partial charge on any atom is 0.324 e. The van der Waals surface area contributed by atoms with Gasteiger partial charge in [0.2, 0.25) is 0 Å². The van der Waals surface area contributed by atoms with E-state index in [1.165, 1.54) is 17.5 Å². The van der Waals surface area contributed by atoms with E-state index in [1.807, 2.05) is 36.4 Å². The normalized spacial score (nSPS) is 18.1. The molecule has 0 radical (unpaired) electrons. The molecular formula is C48H56O5Si2. The molecule has 0 N–H and O–H groups in total. The van der Waals surface area contributed by atoms with Crippen LogP contribution in [0.5, 0.6) is 5.75 Å². The van der Waals surface area contributed by atoms with E-state index in [0.29, 0.717) is 24.3 Å². The van der Waals surface area contributed by atoms with Crippen LogP contribution >= 0.6 is 0 Å². The second-order valence-corrected chi connectivity index (χ2v) is 26.2. The van der Waals surface area contributed by atoms with Gasteiger partial charge in [0.1, 0.15) is 13.8 Å². The van der Waals surface area contributed by atoms with Crippen LogP contribution in [0.25, 0.3) is 0 Å². The molecule has 7 heteroatoms. The van der Waals surface area contributed by atoms with Gasteiger partial charge in [-0.15, -0.1) is 0 Å². The molecule has 0 aliphatic heterocycles. The molecule has 0 unspecified atom stereocenters. The van der Waals surface area contributed by atoms with Crippen molar-refractivity contribution in [1.82, 2.24) is 0 Å². The summed E-state index contributed by atoms with van der Waals surface area (Å²) in [5, 5.41) is 4.69. The highest BCUT2D eigenvalue weighted by molar-refractivity contribution is 7.04. The molecule has 5 aromatic rings. The molecule has 0 spiro atoms. The van der Waals surface area contributed by atoms with Gasteiger partial charge in [0, 0.05) is 18.1 Å². The van der Waals surface area contributed by atoms with Crippen molar-refractivity contribution in [2.75, 3.05) is 13.7 Å². The lowest BCUT2D eigenvalue weighted by Gasteiger charge is -2.47. The van der Waals surface area contributed by atoms with E-state index in [9.17, 15) is 9.59 Å². The standard InChI is InChI=1S/C48H56O5Si2/c1-46(2,3)54(38-22-12-8-13-23-38,39-24-14-9-15-25-39)35-34-52-43-31-21-20-30-42(43)48(45(50)51-7)36-37(32-33-44(48)49)53-55(47(4,5)6,40-26-16-10-17-27-40)41-28-18-11-19-29-41/h8-31,37H,32-36H2,1-7H3/t37-,48+/m0/s1. The van der Waals surface area contributed by atoms with Gasteiger partial charge in [0.25, 0.3) is 8.32 Å². The zero-order valence-electron chi connectivity index (χ0n) is 33.5. The molecule has 55 heavy (non-hydrogen) atoms. The molecule has 1 aliphatic carbocycles. The van der Waals surface area contributed by atoms with Gasteiger partial charge in [0.15, 0.2) is 11.2 Å². The smallest absolute Gasteiger partial charge is 0.324 e. The largest absolute Gasteiger partial charge is 0.494 e. The first kappa shape index (κ1) is 40.1. The lowest BCUT2D eigenvalue weighted by atomic mass is 9.67. The fourth-order valence-electron chi connectivity index (χ4n) is 9.25. The average Bonchev–Trinajstić information content (AvgIpc) is 3.19. The summed E-state index contributed by atoms with van der Waals surface area (Å²) in [5.74, 6) is -0.203. The topological polar surface area (TPSA) is 61.8 Å². The van der Waals surface area contributed by atoms with Gasteiger partial charge in [-0.1, -0.05) is 191 Å². The number of Topliss-reactive ketones (excluding diaryl/α,β-unsaturated/α-hetero) is 1. The summed E-state index contributed by atoms with van der Waals surface area (Å²) >= 11 is 0. The van der Waals surface area contributed by atoms with Crippen molar-refractivity contribution in [3.8, 4) is 5.75 Å². The predicted octanol–water partition coefficient (Wildman–Crippen LogP) is 8.24. The Balaban J connectivity index is 1.40. The Morgan fingerprint density at radius 3 is 1.56 bits per heavy atom. The van der Waals surface area contributed by atoms with Crippen LogP contribution < -0.4 is 25.5 Å². The van der Waals surface area contributed by atoms with Crippen molar-refractivity contribution in [2.24, 2.45) is 0 Å². The first-order chi connectivity index (χ1) is 26.3. The third-order valence-electron chi connectivity index (χ3n) is 11.9. The number of hydrogen-bond acceptors (Lipinski definition) is 5. The van der Waals surface area contributed by atoms with Crippen molar-refractivity contribution >= 4 is 48.9 Å². The van der Waals surface area contributed by atoms with E-state index in [-0.39, 0.29) is 28.7 Å². The predicted molar refractivity (Wildman–Crippen MR) is 229 cm³/mol. The highest BCUT2D eigenvalue weighted by atomic mass is 28.4. The average molecular weight is 769 g/mol. The number of benzene rings is 5. The molecule has 0 bridgehead atoms. The van der Waals surface area contributed by atoms with E-state index in [0.717, 1.165) is 16.4 Å². The summed E-state index contributed by atoms with van der Waals surface area (Å²) in [6.07, 6.45) is 0.471. The Labute approximate surface area is 330 Å². The summed E-state index contributed by atoms with van der Waals surface area (Å²) in [4.78, 5) is 28.8. The molecule has 1 saturated carbocycles. The number of rotatable bonds is 12. The van der Waals surface area contributed by atoms with Crippen LogP contribution in [0.3, 0.4) is 0 Å². The van der Waals surface area contributed by atoms with Gasteiger partial charge >= 0.3 is 5.97 Å². The van der Waals surface area contributed by atoms with Gasteiger partial charge in [-0.25, -0.2) is 0 Å². The summed E-state index contributed by atoms with van der Waals surface area (Å²) in [6, 6.07) is 51.1. The van der Waals surface area contributed by atoms with E-state index in [4.69, 9.17) is 13.9 Å². The highest BCUT2D eigenvalue weighted by Crippen LogP contribution is 2.46. The van der Waals surface area contributed by atoms with E-state index < -0.39 is 33.9 Å². The zero-order chi connectivity index (χ0) is 39.3. The minimum atomic E-state index is -3.00. The number of carbonyl (C=O) groups is 2. The molecule has 0 amide bonds. The fraction of sp³-hybridized carbons (Fsp3) is 0.333. The van der Waals surface area contributed by atoms with Gasteiger partial charge < -0.3 is 13.9 Å². The number of esters is 1. The second-order valence-electron chi connectivity index (χ2n) is 16.9. The molecule has 6 rings (SSSR count). The van der Waals surface area contributed by atoms with Crippen molar-refractivity contribution in [1.29, 1.82) is 0 Å². The Morgan fingerprint density at radius 2 is 1.11 bits per heavy atom. The third kappa shape index (κ3) is 7.42. The zero-order valence-corrected chi connectivity index (χ0v) is 35.5. The Bertz CT molecular complexity index is 1950. The number of ketones is 1. The number of hydrogen-bond donors (Lipinski definition) is 0. The van der Waals surface area contributed by atoms with Crippen LogP contribution in [0.15, 0.2) is 146 Å². The van der Waals surface area contributed by atoms with E-state index in [2.05, 4.69) is 151 Å². The first-order valence-electron chi connectivity index (χ1n) is 19.6. The molecule has 286 valence electrons. The Kier molecular flexibility index (Phi) is 11.9. The second kappa shape index (κ2) is 16.3. The third-order valence-corrected chi connectivity index (χ3v) is 23.1. The van der Waals surface area contributed by atoms with Crippen LogP contribution in [0.2, 0.25) is 16.1 Å². The van der Waals surface area contributed by atoms with Crippen LogP contribution in [0.4, 0.5) is 0 Å². The summed E-state index contributed by atoms with van der Waals surface area (Å²) < 4.78 is 20.0. The van der Waals surface area contributed by atoms with Crippen LogP contribution in [-0.2, 0) is 24.2 Å². The maximum absolute atomic E-state index is 14.5. The molecule has 5 aromatic carbocycles. The molecule has 5 nitrogen and oxygen atoms in total. The lowest BCUT2D eigenvalue weighted by Crippen LogP contribution is -2.68. The van der Waals surface area contributed by atoms with Crippen LogP contribution in [0, 0.1) is 0 Å². The molecule has 2 atom stereocenters. The maximum atomic E-state index is 14.5. The Hall–Kier alpha value is -4.57. The SMILES string of the molecule is COC(=O)[C@@]1(c2ccccc2OCC[Si](c2ccccc2)(c2ccccc2)C(C)(C)C)C[C@@H](O[Si](c2ccccc2)(c2ccccc2)C(C)(C)C)CCC1=O.